The van der Waals surface area contributed by atoms with Gasteiger partial charge in [0.15, 0.2) is 11.5 Å². The van der Waals surface area contributed by atoms with Gasteiger partial charge in [0, 0.05) is 24.7 Å². The Morgan fingerprint density at radius 1 is 1.25 bits per heavy atom. The van der Waals surface area contributed by atoms with Crippen LogP contribution in [0.3, 0.4) is 0 Å². The highest BCUT2D eigenvalue weighted by atomic mass is 19.4. The quantitative estimate of drug-likeness (QED) is 0.902. The van der Waals surface area contributed by atoms with Gasteiger partial charge in [-0.25, -0.2) is 0 Å². The Morgan fingerprint density at radius 2 is 1.96 bits per heavy atom. The molecule has 2 aliphatic heterocycles. The molecule has 1 atom stereocenters. The highest BCUT2D eigenvalue weighted by molar-refractivity contribution is 6.00. The maximum absolute atomic E-state index is 12.2. The van der Waals surface area contributed by atoms with Gasteiger partial charge in [0.05, 0.1) is 5.92 Å². The molecule has 0 spiro atoms. The van der Waals surface area contributed by atoms with Crippen LogP contribution in [0.1, 0.15) is 6.42 Å². The fraction of sp³-hybridized carbons (Fsp3) is 0.467. The second-order valence-electron chi connectivity index (χ2n) is 5.57. The molecule has 2 aliphatic rings. The molecule has 1 N–H and O–H groups in total. The van der Waals surface area contributed by atoms with E-state index in [9.17, 15) is 22.8 Å². The molecular weight excluding hydrogens is 329 g/mol. The van der Waals surface area contributed by atoms with Crippen molar-refractivity contribution >= 4 is 17.5 Å². The number of alkyl halides is 3. The topological polar surface area (TPSA) is 67.9 Å². The number of hydrogen-bond donors (Lipinski definition) is 1. The molecule has 1 aromatic carbocycles. The average molecular weight is 344 g/mol. The fourth-order valence-corrected chi connectivity index (χ4v) is 2.66. The van der Waals surface area contributed by atoms with E-state index >= 15 is 0 Å². The Morgan fingerprint density at radius 3 is 2.67 bits per heavy atom. The van der Waals surface area contributed by atoms with E-state index < -0.39 is 24.5 Å². The van der Waals surface area contributed by atoms with Gasteiger partial charge in [0.25, 0.3) is 0 Å². The molecule has 1 fully saturated rings. The third kappa shape index (κ3) is 3.55. The standard InChI is InChI=1S/C15H15F3N2O4/c16-15(17,18)8-19-14(22)9-5-13(21)20(7-9)10-1-2-11-12(6-10)24-4-3-23-11/h1-2,6,9H,3-5,7-8H2,(H,19,22). The number of nitrogens with zero attached hydrogens (tertiary/aromatic N) is 1. The van der Waals surface area contributed by atoms with Crippen molar-refractivity contribution in [2.24, 2.45) is 5.92 Å². The number of halogens is 3. The van der Waals surface area contributed by atoms with Crippen molar-refractivity contribution in [3.05, 3.63) is 18.2 Å². The molecule has 0 aliphatic carbocycles. The molecule has 3 rings (SSSR count). The summed E-state index contributed by atoms with van der Waals surface area (Å²) < 4.78 is 47.3. The van der Waals surface area contributed by atoms with Crippen molar-refractivity contribution in [1.29, 1.82) is 0 Å². The molecule has 130 valence electrons. The second-order valence-corrected chi connectivity index (χ2v) is 5.57. The number of amides is 2. The number of fused-ring (bicyclic) bond motifs is 1. The first-order valence-electron chi connectivity index (χ1n) is 7.38. The van der Waals surface area contributed by atoms with E-state index in [1.807, 2.05) is 5.32 Å². The minimum atomic E-state index is -4.48. The first-order valence-corrected chi connectivity index (χ1v) is 7.38. The first-order chi connectivity index (χ1) is 11.3. The van der Waals surface area contributed by atoms with Crippen LogP contribution in [0.2, 0.25) is 0 Å². The minimum absolute atomic E-state index is 0.0299. The highest BCUT2D eigenvalue weighted by Crippen LogP contribution is 2.36. The maximum atomic E-state index is 12.2. The molecular formula is C15H15F3N2O4. The van der Waals surface area contributed by atoms with Crippen molar-refractivity contribution in [1.82, 2.24) is 5.32 Å². The van der Waals surface area contributed by atoms with Crippen LogP contribution < -0.4 is 19.7 Å². The zero-order chi connectivity index (χ0) is 17.3. The molecule has 2 heterocycles. The van der Waals surface area contributed by atoms with E-state index in [-0.39, 0.29) is 18.9 Å². The monoisotopic (exact) mass is 344 g/mol. The lowest BCUT2D eigenvalue weighted by Crippen LogP contribution is -2.38. The Bertz CT molecular complexity index is 663. The highest BCUT2D eigenvalue weighted by Gasteiger charge is 2.37. The number of carbonyl (C=O) groups is 2. The lowest BCUT2D eigenvalue weighted by molar-refractivity contribution is -0.140. The summed E-state index contributed by atoms with van der Waals surface area (Å²) >= 11 is 0. The largest absolute Gasteiger partial charge is 0.486 e. The van der Waals surface area contributed by atoms with Crippen LogP contribution in [0.25, 0.3) is 0 Å². The van der Waals surface area contributed by atoms with Gasteiger partial charge >= 0.3 is 6.18 Å². The van der Waals surface area contributed by atoms with Gasteiger partial charge in [-0.15, -0.1) is 0 Å². The lowest BCUT2D eigenvalue weighted by Gasteiger charge is -2.22. The zero-order valence-electron chi connectivity index (χ0n) is 12.6. The normalized spacial score (nSPS) is 20.2. The predicted molar refractivity (Wildman–Crippen MR) is 77.0 cm³/mol. The fourth-order valence-electron chi connectivity index (χ4n) is 2.66. The van der Waals surface area contributed by atoms with Crippen molar-refractivity contribution in [2.75, 3.05) is 31.2 Å². The van der Waals surface area contributed by atoms with Crippen LogP contribution in [0.4, 0.5) is 18.9 Å². The molecule has 1 saturated heterocycles. The van der Waals surface area contributed by atoms with E-state index in [0.29, 0.717) is 30.4 Å². The molecule has 24 heavy (non-hydrogen) atoms. The summed E-state index contributed by atoms with van der Waals surface area (Å²) in [7, 11) is 0. The van der Waals surface area contributed by atoms with Crippen molar-refractivity contribution in [2.45, 2.75) is 12.6 Å². The summed E-state index contributed by atoms with van der Waals surface area (Å²) in [6.07, 6.45) is -4.61. The molecule has 1 unspecified atom stereocenters. The van der Waals surface area contributed by atoms with E-state index in [4.69, 9.17) is 9.47 Å². The summed E-state index contributed by atoms with van der Waals surface area (Å²) in [5, 5.41) is 1.82. The van der Waals surface area contributed by atoms with E-state index in [1.54, 1.807) is 18.2 Å². The molecule has 6 nitrogen and oxygen atoms in total. The number of anilines is 1. The summed E-state index contributed by atoms with van der Waals surface area (Å²) in [6.45, 7) is -0.536. The number of ether oxygens (including phenoxy) is 2. The minimum Gasteiger partial charge on any atom is -0.486 e. The average Bonchev–Trinajstić information content (AvgIpc) is 2.93. The Balaban J connectivity index is 1.67. The van der Waals surface area contributed by atoms with Crippen LogP contribution in [-0.2, 0) is 9.59 Å². The van der Waals surface area contributed by atoms with Crippen LogP contribution in [-0.4, -0.2) is 44.3 Å². The SMILES string of the molecule is O=C(NCC(F)(F)F)C1CC(=O)N(c2ccc3c(c2)OCCO3)C1. The molecule has 9 heteroatoms. The third-order valence-corrected chi connectivity index (χ3v) is 3.80. The van der Waals surface area contributed by atoms with Crippen LogP contribution in [0.5, 0.6) is 11.5 Å². The van der Waals surface area contributed by atoms with Crippen molar-refractivity contribution < 1.29 is 32.2 Å². The smallest absolute Gasteiger partial charge is 0.405 e. The van der Waals surface area contributed by atoms with E-state index in [0.717, 1.165) is 0 Å². The van der Waals surface area contributed by atoms with E-state index in [1.165, 1.54) is 4.90 Å². The molecule has 0 aromatic heterocycles. The van der Waals surface area contributed by atoms with Gasteiger partial charge in [-0.1, -0.05) is 0 Å². The molecule has 0 radical (unpaired) electrons. The summed E-state index contributed by atoms with van der Waals surface area (Å²) in [6, 6.07) is 4.94. The van der Waals surface area contributed by atoms with Crippen molar-refractivity contribution in [3.8, 4) is 11.5 Å². The summed E-state index contributed by atoms with van der Waals surface area (Å²) in [4.78, 5) is 25.3. The molecule has 0 saturated carbocycles. The van der Waals surface area contributed by atoms with E-state index in [2.05, 4.69) is 0 Å². The number of benzene rings is 1. The molecule has 0 bridgehead atoms. The Labute approximate surface area is 135 Å². The Kier molecular flexibility index (Phi) is 4.25. The predicted octanol–water partition coefficient (Wildman–Crippen LogP) is 1.49. The van der Waals surface area contributed by atoms with Crippen LogP contribution in [0, 0.1) is 5.92 Å². The summed E-state index contributed by atoms with van der Waals surface area (Å²) in [5.41, 5.74) is 0.523. The van der Waals surface area contributed by atoms with Crippen LogP contribution in [0.15, 0.2) is 18.2 Å². The number of rotatable bonds is 3. The maximum Gasteiger partial charge on any atom is 0.405 e. The first kappa shape index (κ1) is 16.4. The van der Waals surface area contributed by atoms with Crippen LogP contribution >= 0.6 is 0 Å². The number of nitrogens with one attached hydrogen (secondary N) is 1. The third-order valence-electron chi connectivity index (χ3n) is 3.80. The molecule has 1 aromatic rings. The molecule has 2 amide bonds. The Hall–Kier alpha value is -2.45. The van der Waals surface area contributed by atoms with Gasteiger partial charge < -0.3 is 19.7 Å². The van der Waals surface area contributed by atoms with Gasteiger partial charge in [-0.3, -0.25) is 9.59 Å². The van der Waals surface area contributed by atoms with Crippen molar-refractivity contribution in [3.63, 3.8) is 0 Å². The number of hydrogen-bond acceptors (Lipinski definition) is 4. The zero-order valence-corrected chi connectivity index (χ0v) is 12.6. The van der Waals surface area contributed by atoms with Gasteiger partial charge in [0.1, 0.15) is 19.8 Å². The van der Waals surface area contributed by atoms with Gasteiger partial charge in [-0.05, 0) is 12.1 Å². The lowest BCUT2D eigenvalue weighted by atomic mass is 10.1. The summed E-state index contributed by atoms with van der Waals surface area (Å²) in [5.74, 6) is -0.847. The van der Waals surface area contributed by atoms with Gasteiger partial charge in [-0.2, -0.15) is 13.2 Å². The van der Waals surface area contributed by atoms with Gasteiger partial charge in [0.2, 0.25) is 11.8 Å². The number of carbonyl (C=O) groups excluding carboxylic acids is 2. The second kappa shape index (κ2) is 6.21.